The molecule has 2 heterocycles. The predicted molar refractivity (Wildman–Crippen MR) is 137 cm³/mol. The summed E-state index contributed by atoms with van der Waals surface area (Å²) in [4.78, 5) is 11.3. The zero-order chi connectivity index (χ0) is 25.6. The van der Waals surface area contributed by atoms with Gasteiger partial charge >= 0.3 is 0 Å². The molecule has 2 rings (SSSR count). The zero-order valence-corrected chi connectivity index (χ0v) is 23.3. The Kier molecular flexibility index (Phi) is 10.0. The van der Waals surface area contributed by atoms with E-state index < -0.39 is 0 Å². The van der Waals surface area contributed by atoms with Gasteiger partial charge in [-0.1, -0.05) is 0 Å². The molecule has 2 aliphatic rings. The van der Waals surface area contributed by atoms with E-state index in [1.807, 2.05) is 0 Å². The van der Waals surface area contributed by atoms with E-state index >= 15 is 0 Å². The second kappa shape index (κ2) is 11.7. The van der Waals surface area contributed by atoms with Crippen LogP contribution in [0, 0.1) is 0 Å². The van der Waals surface area contributed by atoms with Crippen molar-refractivity contribution >= 4 is 0 Å². The summed E-state index contributed by atoms with van der Waals surface area (Å²) in [6.07, 6.45) is 6.31. The number of nitrogens with one attached hydrogen (secondary N) is 2. The quantitative estimate of drug-likeness (QED) is 0.386. The molecule has 2 aliphatic heterocycles. The summed E-state index contributed by atoms with van der Waals surface area (Å²) in [6.45, 7) is 21.6. The highest BCUT2D eigenvalue weighted by Crippen LogP contribution is 2.37. The zero-order valence-electron chi connectivity index (χ0n) is 23.3. The molecular weight excluding hydrogens is 432 g/mol. The number of nitrogens with zero attached hydrogens (tertiary/aromatic N) is 2. The first-order valence-electron chi connectivity index (χ1n) is 12.5. The SMILES string of the molecule is CON1C(C)(C)C=C(NCCOCCOCCNC2=CC(C)(C)N(OC)C(C)(C)C2)CC1(C)C. The van der Waals surface area contributed by atoms with Crippen LogP contribution in [0.4, 0.5) is 0 Å². The minimum absolute atomic E-state index is 0.0690. The summed E-state index contributed by atoms with van der Waals surface area (Å²) in [5, 5.41) is 11.2. The van der Waals surface area contributed by atoms with Crippen molar-refractivity contribution in [3.05, 3.63) is 23.5 Å². The van der Waals surface area contributed by atoms with Crippen LogP contribution in [-0.2, 0) is 19.1 Å². The normalized spacial score (nSPS) is 23.8. The topological polar surface area (TPSA) is 67.5 Å². The summed E-state index contributed by atoms with van der Waals surface area (Å²) >= 11 is 0. The summed E-state index contributed by atoms with van der Waals surface area (Å²) in [5.41, 5.74) is 2.02. The van der Waals surface area contributed by atoms with Crippen molar-refractivity contribution in [2.24, 2.45) is 0 Å². The second-order valence-electron chi connectivity index (χ2n) is 11.7. The van der Waals surface area contributed by atoms with Crippen molar-refractivity contribution in [2.75, 3.05) is 53.7 Å². The lowest BCUT2D eigenvalue weighted by atomic mass is 9.85. The molecule has 34 heavy (non-hydrogen) atoms. The van der Waals surface area contributed by atoms with Gasteiger partial charge in [0.15, 0.2) is 0 Å². The van der Waals surface area contributed by atoms with Crippen LogP contribution < -0.4 is 10.6 Å². The van der Waals surface area contributed by atoms with Crippen LogP contribution in [0.2, 0.25) is 0 Å². The summed E-state index contributed by atoms with van der Waals surface area (Å²) < 4.78 is 11.5. The molecule has 0 amide bonds. The third kappa shape index (κ3) is 7.67. The fourth-order valence-corrected chi connectivity index (χ4v) is 5.79. The van der Waals surface area contributed by atoms with Gasteiger partial charge in [0, 0.05) is 48.4 Å². The van der Waals surface area contributed by atoms with Gasteiger partial charge in [-0.3, -0.25) is 0 Å². The van der Waals surface area contributed by atoms with E-state index in [1.54, 1.807) is 14.2 Å². The largest absolute Gasteiger partial charge is 0.386 e. The van der Waals surface area contributed by atoms with Crippen molar-refractivity contribution in [1.29, 1.82) is 0 Å². The maximum atomic E-state index is 5.75. The Hall–Kier alpha value is -1.16. The second-order valence-corrected chi connectivity index (χ2v) is 11.7. The third-order valence-corrected chi connectivity index (χ3v) is 6.38. The molecule has 0 radical (unpaired) electrons. The maximum absolute atomic E-state index is 5.75. The average Bonchev–Trinajstić information content (AvgIpc) is 2.66. The van der Waals surface area contributed by atoms with Crippen LogP contribution in [0.15, 0.2) is 23.5 Å². The lowest BCUT2D eigenvalue weighted by molar-refractivity contribution is -0.239. The fourth-order valence-electron chi connectivity index (χ4n) is 5.79. The highest BCUT2D eigenvalue weighted by Gasteiger charge is 2.43. The van der Waals surface area contributed by atoms with Crippen LogP contribution in [0.5, 0.6) is 0 Å². The minimum atomic E-state index is -0.163. The van der Waals surface area contributed by atoms with E-state index in [2.05, 4.69) is 88.3 Å². The molecule has 0 fully saturated rings. The molecule has 198 valence electrons. The number of rotatable bonds is 13. The van der Waals surface area contributed by atoms with Gasteiger partial charge in [0.25, 0.3) is 0 Å². The Labute approximate surface area is 207 Å². The van der Waals surface area contributed by atoms with Gasteiger partial charge in [0.05, 0.1) is 51.7 Å². The minimum Gasteiger partial charge on any atom is -0.386 e. The van der Waals surface area contributed by atoms with Gasteiger partial charge in [-0.05, 0) is 67.5 Å². The highest BCUT2D eigenvalue weighted by molar-refractivity contribution is 5.20. The van der Waals surface area contributed by atoms with Crippen molar-refractivity contribution < 1.29 is 19.1 Å². The van der Waals surface area contributed by atoms with Crippen molar-refractivity contribution in [3.63, 3.8) is 0 Å². The number of hydrogen-bond donors (Lipinski definition) is 2. The van der Waals surface area contributed by atoms with E-state index in [0.29, 0.717) is 26.4 Å². The maximum Gasteiger partial charge on any atom is 0.0701 e. The molecule has 0 atom stereocenters. The molecule has 0 aromatic rings. The molecule has 8 heteroatoms. The molecule has 0 aliphatic carbocycles. The Morgan fingerprint density at radius 2 is 1.00 bits per heavy atom. The monoisotopic (exact) mass is 482 g/mol. The van der Waals surface area contributed by atoms with E-state index in [9.17, 15) is 0 Å². The molecule has 0 spiro atoms. The van der Waals surface area contributed by atoms with Crippen LogP contribution in [0.25, 0.3) is 0 Å². The van der Waals surface area contributed by atoms with E-state index in [0.717, 1.165) is 25.9 Å². The van der Waals surface area contributed by atoms with E-state index in [4.69, 9.17) is 19.1 Å². The highest BCUT2D eigenvalue weighted by atomic mass is 16.7. The third-order valence-electron chi connectivity index (χ3n) is 6.38. The lowest BCUT2D eigenvalue weighted by Gasteiger charge is -2.49. The molecule has 2 N–H and O–H groups in total. The van der Waals surface area contributed by atoms with Crippen molar-refractivity contribution in [3.8, 4) is 0 Å². The Balaban J connectivity index is 1.59. The van der Waals surface area contributed by atoms with Gasteiger partial charge in [0.1, 0.15) is 0 Å². The van der Waals surface area contributed by atoms with Crippen LogP contribution in [0.3, 0.4) is 0 Å². The van der Waals surface area contributed by atoms with Crippen LogP contribution in [-0.4, -0.2) is 86.0 Å². The molecule has 0 saturated heterocycles. The van der Waals surface area contributed by atoms with Gasteiger partial charge in [-0.25, -0.2) is 0 Å². The van der Waals surface area contributed by atoms with Crippen molar-refractivity contribution in [1.82, 2.24) is 20.8 Å². The van der Waals surface area contributed by atoms with E-state index in [-0.39, 0.29) is 22.2 Å². The van der Waals surface area contributed by atoms with Gasteiger partial charge < -0.3 is 29.8 Å². The number of ether oxygens (including phenoxy) is 2. The Morgan fingerprint density at radius 1 is 0.647 bits per heavy atom. The summed E-state index contributed by atoms with van der Waals surface area (Å²) in [7, 11) is 3.48. The smallest absolute Gasteiger partial charge is 0.0701 e. The Bertz CT molecular complexity index is 656. The molecule has 8 nitrogen and oxygen atoms in total. The summed E-state index contributed by atoms with van der Waals surface area (Å²) in [6, 6.07) is 0. The predicted octanol–water partition coefficient (Wildman–Crippen LogP) is 3.62. The van der Waals surface area contributed by atoms with Gasteiger partial charge in [-0.2, -0.15) is 10.1 Å². The van der Waals surface area contributed by atoms with Gasteiger partial charge in [-0.15, -0.1) is 0 Å². The number of hydrogen-bond acceptors (Lipinski definition) is 8. The van der Waals surface area contributed by atoms with E-state index in [1.165, 1.54) is 11.4 Å². The lowest BCUT2D eigenvalue weighted by Crippen LogP contribution is -2.57. The molecular formula is C26H50N4O4. The molecule has 0 unspecified atom stereocenters. The number of hydroxylamine groups is 4. The first-order valence-corrected chi connectivity index (χ1v) is 12.5. The summed E-state index contributed by atoms with van der Waals surface area (Å²) in [5.74, 6) is 0. The van der Waals surface area contributed by atoms with Crippen molar-refractivity contribution in [2.45, 2.75) is 90.4 Å². The first kappa shape index (κ1) is 29.1. The molecule has 0 saturated carbocycles. The van der Waals surface area contributed by atoms with Crippen LogP contribution in [0.1, 0.15) is 68.2 Å². The average molecular weight is 483 g/mol. The van der Waals surface area contributed by atoms with Gasteiger partial charge in [0.2, 0.25) is 0 Å². The standard InChI is InChI=1S/C26H50N4O4/c1-23(2)17-21(18-24(3,4)29(23)31-9)27-11-13-33-15-16-34-14-12-28-22-19-25(5,6)30(32-10)26(7,8)20-22/h17,19,27-28H,11-16,18,20H2,1-10H3. The molecule has 0 bridgehead atoms. The van der Waals surface area contributed by atoms with Crippen LogP contribution >= 0.6 is 0 Å². The molecule has 0 aromatic heterocycles. The fraction of sp³-hybridized carbons (Fsp3) is 0.846. The molecule has 0 aromatic carbocycles. The Morgan fingerprint density at radius 3 is 1.29 bits per heavy atom. The first-order chi connectivity index (χ1) is 15.7.